The van der Waals surface area contributed by atoms with E-state index in [0.717, 1.165) is 12.8 Å². The predicted octanol–water partition coefficient (Wildman–Crippen LogP) is 2.77. The van der Waals surface area contributed by atoms with Gasteiger partial charge in [0, 0.05) is 11.6 Å². The van der Waals surface area contributed by atoms with Crippen molar-refractivity contribution < 1.29 is 19.1 Å². The van der Waals surface area contributed by atoms with Crippen LogP contribution in [0.25, 0.3) is 0 Å². The van der Waals surface area contributed by atoms with E-state index in [1.807, 2.05) is 0 Å². The molecule has 1 aliphatic carbocycles. The summed E-state index contributed by atoms with van der Waals surface area (Å²) < 4.78 is 5.22. The van der Waals surface area contributed by atoms with Gasteiger partial charge in [0.15, 0.2) is 0 Å². The summed E-state index contributed by atoms with van der Waals surface area (Å²) in [4.78, 5) is 23.3. The van der Waals surface area contributed by atoms with Gasteiger partial charge in [0.1, 0.15) is 12.2 Å². The van der Waals surface area contributed by atoms with Crippen LogP contribution in [0.15, 0.2) is 10.7 Å². The number of carbonyl (C=O) groups excluding carboxylic acids is 1. The second-order valence-electron chi connectivity index (χ2n) is 6.13. The van der Waals surface area contributed by atoms with Crippen LogP contribution in [0.1, 0.15) is 54.8 Å². The average molecular weight is 293 g/mol. The highest BCUT2D eigenvalue weighted by molar-refractivity contribution is 5.97. The number of nitrogens with one attached hydrogen (secondary N) is 1. The summed E-state index contributed by atoms with van der Waals surface area (Å²) >= 11 is 0. The summed E-state index contributed by atoms with van der Waals surface area (Å²) in [5.74, 6) is 0.0290. The summed E-state index contributed by atoms with van der Waals surface area (Å²) in [6.45, 7) is 6.13. The second kappa shape index (κ2) is 6.33. The number of carboxylic acid groups (broad SMARTS) is 1. The molecule has 1 saturated carbocycles. The monoisotopic (exact) mass is 293 g/mol. The Morgan fingerprint density at radius 3 is 2.76 bits per heavy atom. The Hall–Kier alpha value is -1.78. The van der Waals surface area contributed by atoms with Gasteiger partial charge in [-0.05, 0) is 25.2 Å². The van der Waals surface area contributed by atoms with Crippen LogP contribution in [0.4, 0.5) is 0 Å². The molecule has 1 heterocycles. The van der Waals surface area contributed by atoms with Gasteiger partial charge < -0.3 is 14.8 Å². The van der Waals surface area contributed by atoms with Crippen LogP contribution in [0.5, 0.6) is 0 Å². The minimum Gasteiger partial charge on any atom is -0.481 e. The molecule has 1 aromatic rings. The second-order valence-corrected chi connectivity index (χ2v) is 6.13. The van der Waals surface area contributed by atoms with Gasteiger partial charge in [0.25, 0.3) is 5.91 Å². The Morgan fingerprint density at radius 2 is 2.10 bits per heavy atom. The van der Waals surface area contributed by atoms with Gasteiger partial charge in [-0.3, -0.25) is 9.59 Å². The third-order valence-electron chi connectivity index (χ3n) is 4.61. The van der Waals surface area contributed by atoms with Crippen LogP contribution in [-0.4, -0.2) is 23.0 Å². The van der Waals surface area contributed by atoms with E-state index < -0.39 is 5.97 Å². The number of amides is 1. The van der Waals surface area contributed by atoms with E-state index in [1.165, 1.54) is 12.7 Å². The molecule has 3 unspecified atom stereocenters. The summed E-state index contributed by atoms with van der Waals surface area (Å²) in [5.41, 5.74) is 1.06. The molecule has 5 heteroatoms. The summed E-state index contributed by atoms with van der Waals surface area (Å²) in [7, 11) is 0. The maximum absolute atomic E-state index is 12.5. The lowest BCUT2D eigenvalue weighted by Gasteiger charge is -2.34. The normalized spacial score (nSPS) is 25.6. The molecule has 2 N–H and O–H groups in total. The summed E-state index contributed by atoms with van der Waals surface area (Å²) in [6, 6.07) is 0.147. The Kier molecular flexibility index (Phi) is 4.70. The van der Waals surface area contributed by atoms with Gasteiger partial charge in [-0.25, -0.2) is 0 Å². The topological polar surface area (TPSA) is 79.5 Å². The van der Waals surface area contributed by atoms with Crippen molar-refractivity contribution >= 4 is 11.9 Å². The lowest BCUT2D eigenvalue weighted by Crippen LogP contribution is -2.44. The molecule has 0 aromatic carbocycles. The van der Waals surface area contributed by atoms with E-state index in [9.17, 15) is 9.59 Å². The Morgan fingerprint density at radius 1 is 1.38 bits per heavy atom. The minimum absolute atomic E-state index is 0.147. The Balaban J connectivity index is 2.13. The molecule has 0 radical (unpaired) electrons. The number of hydrogen-bond acceptors (Lipinski definition) is 3. The van der Waals surface area contributed by atoms with Crippen LogP contribution >= 0.6 is 0 Å². The fourth-order valence-corrected chi connectivity index (χ4v) is 3.10. The van der Waals surface area contributed by atoms with E-state index in [2.05, 4.69) is 19.2 Å². The number of carbonyl (C=O) groups is 2. The molecule has 0 spiro atoms. The summed E-state index contributed by atoms with van der Waals surface area (Å²) in [6.07, 6.45) is 4.46. The quantitative estimate of drug-likeness (QED) is 0.894. The molecular formula is C16H23NO4. The van der Waals surface area contributed by atoms with Crippen LogP contribution in [0.2, 0.25) is 0 Å². The molecule has 0 bridgehead atoms. The highest BCUT2D eigenvalue weighted by atomic mass is 16.4. The van der Waals surface area contributed by atoms with E-state index in [1.54, 1.807) is 6.92 Å². The highest BCUT2D eigenvalue weighted by Gasteiger charge is 2.30. The molecule has 5 nitrogen and oxygen atoms in total. The first-order valence-corrected chi connectivity index (χ1v) is 7.49. The lowest BCUT2D eigenvalue weighted by molar-refractivity contribution is -0.136. The van der Waals surface area contributed by atoms with E-state index >= 15 is 0 Å². The van der Waals surface area contributed by atoms with Gasteiger partial charge in [0.2, 0.25) is 0 Å². The Labute approximate surface area is 124 Å². The average Bonchev–Trinajstić information content (AvgIpc) is 2.75. The molecule has 0 saturated heterocycles. The number of hydrogen-bond donors (Lipinski definition) is 2. The minimum atomic E-state index is -1.00. The van der Waals surface area contributed by atoms with E-state index in [4.69, 9.17) is 9.52 Å². The number of rotatable bonds is 4. The first kappa shape index (κ1) is 15.6. The zero-order valence-corrected chi connectivity index (χ0v) is 12.8. The Bertz CT molecular complexity index is 534. The van der Waals surface area contributed by atoms with Crippen molar-refractivity contribution in [2.45, 2.75) is 52.5 Å². The number of furan rings is 1. The predicted molar refractivity (Wildman–Crippen MR) is 78.2 cm³/mol. The third-order valence-corrected chi connectivity index (χ3v) is 4.61. The first-order chi connectivity index (χ1) is 9.90. The standard InChI is InChI=1S/C16H23NO4/c1-9-5-4-6-12(11(9)3)17-16(20)15-10(2)8-21-13(15)7-14(18)19/h8-9,11-12H,4-7H2,1-3H3,(H,17,20)(H,18,19). The lowest BCUT2D eigenvalue weighted by atomic mass is 9.78. The van der Waals surface area contributed by atoms with Crippen LogP contribution in [0, 0.1) is 18.8 Å². The van der Waals surface area contributed by atoms with Gasteiger partial charge in [0.05, 0.1) is 11.8 Å². The van der Waals surface area contributed by atoms with Gasteiger partial charge in [-0.2, -0.15) is 0 Å². The molecule has 1 amide bonds. The van der Waals surface area contributed by atoms with E-state index in [-0.39, 0.29) is 24.1 Å². The molecule has 21 heavy (non-hydrogen) atoms. The van der Waals surface area contributed by atoms with Crippen molar-refractivity contribution in [1.29, 1.82) is 0 Å². The summed E-state index contributed by atoms with van der Waals surface area (Å²) in [5, 5.41) is 12.0. The number of carboxylic acids is 1. The molecule has 2 rings (SSSR count). The van der Waals surface area contributed by atoms with Crippen molar-refractivity contribution in [2.24, 2.45) is 11.8 Å². The fourth-order valence-electron chi connectivity index (χ4n) is 3.10. The van der Waals surface area contributed by atoms with Crippen molar-refractivity contribution in [3.8, 4) is 0 Å². The van der Waals surface area contributed by atoms with Crippen LogP contribution in [-0.2, 0) is 11.2 Å². The number of aryl methyl sites for hydroxylation is 1. The molecular weight excluding hydrogens is 270 g/mol. The number of aliphatic carboxylic acids is 1. The van der Waals surface area contributed by atoms with Gasteiger partial charge in [-0.15, -0.1) is 0 Å². The highest BCUT2D eigenvalue weighted by Crippen LogP contribution is 2.30. The third kappa shape index (κ3) is 3.46. The maximum atomic E-state index is 12.5. The maximum Gasteiger partial charge on any atom is 0.311 e. The SMILES string of the molecule is Cc1coc(CC(=O)O)c1C(=O)NC1CCCC(C)C1C. The fraction of sp³-hybridized carbons (Fsp3) is 0.625. The van der Waals surface area contributed by atoms with Crippen molar-refractivity contribution in [3.05, 3.63) is 23.2 Å². The van der Waals surface area contributed by atoms with Crippen molar-refractivity contribution in [2.75, 3.05) is 0 Å². The zero-order chi connectivity index (χ0) is 15.6. The molecule has 1 fully saturated rings. The van der Waals surface area contributed by atoms with Gasteiger partial charge in [-0.1, -0.05) is 26.7 Å². The van der Waals surface area contributed by atoms with Gasteiger partial charge >= 0.3 is 5.97 Å². The van der Waals surface area contributed by atoms with E-state index in [0.29, 0.717) is 23.0 Å². The molecule has 3 atom stereocenters. The largest absolute Gasteiger partial charge is 0.481 e. The first-order valence-electron chi connectivity index (χ1n) is 7.49. The van der Waals surface area contributed by atoms with Crippen LogP contribution in [0.3, 0.4) is 0 Å². The molecule has 1 aliphatic rings. The van der Waals surface area contributed by atoms with Crippen LogP contribution < -0.4 is 5.32 Å². The van der Waals surface area contributed by atoms with Crippen molar-refractivity contribution in [1.82, 2.24) is 5.32 Å². The zero-order valence-electron chi connectivity index (χ0n) is 12.8. The van der Waals surface area contributed by atoms with Crippen molar-refractivity contribution in [3.63, 3.8) is 0 Å². The molecule has 0 aliphatic heterocycles. The smallest absolute Gasteiger partial charge is 0.311 e. The molecule has 116 valence electrons. The molecule has 1 aromatic heterocycles.